The fourth-order valence-electron chi connectivity index (χ4n) is 1.59. The highest BCUT2D eigenvalue weighted by Gasteiger charge is 2.39. The minimum Gasteiger partial charge on any atom is -0.379 e. The molecule has 0 radical (unpaired) electrons. The zero-order chi connectivity index (χ0) is 11.8. The average molecular weight is 226 g/mol. The van der Waals surface area contributed by atoms with Gasteiger partial charge in [-0.15, -0.1) is 0 Å². The van der Waals surface area contributed by atoms with Crippen molar-refractivity contribution < 1.29 is 18.3 Å². The summed E-state index contributed by atoms with van der Waals surface area (Å²) in [5.41, 5.74) is 1.25. The number of aliphatic hydroxyl groups excluding tert-OH is 1. The summed E-state index contributed by atoms with van der Waals surface area (Å²) in [7, 11) is 0. The second kappa shape index (κ2) is 3.79. The molecule has 0 aromatic heterocycles. The Morgan fingerprint density at radius 2 is 1.44 bits per heavy atom. The molecule has 0 bridgehead atoms. The van der Waals surface area contributed by atoms with Gasteiger partial charge >= 0.3 is 6.18 Å². The minimum absolute atomic E-state index is 0.117. The molecule has 0 spiro atoms. The molecule has 0 aliphatic heterocycles. The molecular weight excluding hydrogens is 217 g/mol. The summed E-state index contributed by atoms with van der Waals surface area (Å²) in [4.78, 5) is 0. The Hall–Kier alpha value is -1.55. The van der Waals surface area contributed by atoms with Crippen molar-refractivity contribution in [2.24, 2.45) is 0 Å². The highest BCUT2D eigenvalue weighted by molar-refractivity contribution is 5.68. The summed E-state index contributed by atoms with van der Waals surface area (Å²) >= 11 is 0. The molecule has 2 aliphatic rings. The number of aliphatic hydroxyl groups is 1. The summed E-state index contributed by atoms with van der Waals surface area (Å²) in [5, 5.41) is 9.10. The molecule has 0 saturated carbocycles. The molecule has 4 heteroatoms. The highest BCUT2D eigenvalue weighted by atomic mass is 19.4. The first-order chi connectivity index (χ1) is 7.48. The smallest absolute Gasteiger partial charge is 0.379 e. The Morgan fingerprint density at radius 1 is 0.938 bits per heavy atom. The Balaban J connectivity index is 2.45. The fraction of sp³-hybridized carbons (Fsp3) is 0.167. The van der Waals surface area contributed by atoms with E-state index in [0.717, 1.165) is 0 Å². The Morgan fingerprint density at radius 3 is 1.88 bits per heavy atom. The number of hydrogen-bond acceptors (Lipinski definition) is 1. The third kappa shape index (κ3) is 2.02. The van der Waals surface area contributed by atoms with Crippen molar-refractivity contribution in [2.45, 2.75) is 12.3 Å². The van der Waals surface area contributed by atoms with Crippen molar-refractivity contribution >= 4 is 0 Å². The van der Waals surface area contributed by atoms with Crippen molar-refractivity contribution in [3.63, 3.8) is 0 Å². The molecule has 0 amide bonds. The lowest BCUT2D eigenvalue weighted by Gasteiger charge is -2.12. The average Bonchev–Trinajstić information content (AvgIpc) is 2.47. The molecule has 0 fully saturated rings. The van der Waals surface area contributed by atoms with E-state index in [1.54, 1.807) is 30.3 Å². The van der Waals surface area contributed by atoms with Crippen molar-refractivity contribution in [3.8, 4) is 11.1 Å². The standard InChI is InChI=1S/C12H9F3O/c13-12(14,15)11(16)10-6-8-4-2-1-3-5-9(8)7-10/h1-7,11,16H. The Kier molecular flexibility index (Phi) is 2.59. The van der Waals surface area contributed by atoms with Crippen LogP contribution in [0.5, 0.6) is 0 Å². The van der Waals surface area contributed by atoms with Gasteiger partial charge in [-0.05, 0) is 28.8 Å². The van der Waals surface area contributed by atoms with Gasteiger partial charge in [-0.1, -0.05) is 30.3 Å². The van der Waals surface area contributed by atoms with Crippen LogP contribution < -0.4 is 0 Å². The molecule has 84 valence electrons. The molecule has 1 N–H and O–H groups in total. The monoisotopic (exact) mass is 226 g/mol. The van der Waals surface area contributed by atoms with E-state index in [4.69, 9.17) is 5.11 Å². The summed E-state index contributed by atoms with van der Waals surface area (Å²) in [5.74, 6) is 0. The van der Waals surface area contributed by atoms with Gasteiger partial charge < -0.3 is 5.11 Å². The predicted molar refractivity (Wildman–Crippen MR) is 54.1 cm³/mol. The van der Waals surface area contributed by atoms with Crippen LogP contribution in [-0.2, 0) is 0 Å². The van der Waals surface area contributed by atoms with Crippen molar-refractivity contribution in [1.82, 2.24) is 0 Å². The number of alkyl halides is 3. The first-order valence-electron chi connectivity index (χ1n) is 4.72. The number of fused-ring (bicyclic) bond motifs is 1. The summed E-state index contributed by atoms with van der Waals surface area (Å²) < 4.78 is 36.9. The quantitative estimate of drug-likeness (QED) is 0.790. The van der Waals surface area contributed by atoms with Gasteiger partial charge in [-0.2, -0.15) is 13.2 Å². The van der Waals surface area contributed by atoms with Crippen molar-refractivity contribution in [3.05, 3.63) is 48.0 Å². The third-order valence-corrected chi connectivity index (χ3v) is 2.38. The Labute approximate surface area is 90.5 Å². The van der Waals surface area contributed by atoms with Crippen molar-refractivity contribution in [2.75, 3.05) is 0 Å². The zero-order valence-corrected chi connectivity index (χ0v) is 8.20. The molecule has 0 aromatic rings. The SMILES string of the molecule is OC(c1cc2cccccc-2c1)C(F)(F)F. The lowest BCUT2D eigenvalue weighted by atomic mass is 10.2. The zero-order valence-electron chi connectivity index (χ0n) is 8.20. The molecule has 16 heavy (non-hydrogen) atoms. The second-order valence-electron chi connectivity index (χ2n) is 3.55. The molecule has 2 rings (SSSR count). The van der Waals surface area contributed by atoms with E-state index in [0.29, 0.717) is 11.1 Å². The van der Waals surface area contributed by atoms with Gasteiger partial charge in [0.05, 0.1) is 0 Å². The lowest BCUT2D eigenvalue weighted by Crippen LogP contribution is -2.19. The third-order valence-electron chi connectivity index (χ3n) is 2.38. The fourth-order valence-corrected chi connectivity index (χ4v) is 1.59. The maximum absolute atomic E-state index is 12.3. The molecule has 2 aliphatic carbocycles. The minimum atomic E-state index is -4.62. The van der Waals surface area contributed by atoms with Crippen LogP contribution in [0, 0.1) is 0 Å². The van der Waals surface area contributed by atoms with Crippen LogP contribution in [0.15, 0.2) is 42.5 Å². The van der Waals surface area contributed by atoms with Gasteiger partial charge in [0.2, 0.25) is 0 Å². The molecule has 0 heterocycles. The number of hydrogen-bond donors (Lipinski definition) is 1. The van der Waals surface area contributed by atoms with Crippen molar-refractivity contribution in [1.29, 1.82) is 0 Å². The van der Waals surface area contributed by atoms with Gasteiger partial charge in [-0.25, -0.2) is 0 Å². The second-order valence-corrected chi connectivity index (χ2v) is 3.55. The lowest BCUT2D eigenvalue weighted by molar-refractivity contribution is -0.206. The van der Waals surface area contributed by atoms with E-state index in [1.165, 1.54) is 12.1 Å². The molecule has 0 saturated heterocycles. The first kappa shape index (κ1) is 11.0. The predicted octanol–water partition coefficient (Wildman–Crippen LogP) is 3.39. The molecule has 0 aromatic carbocycles. The topological polar surface area (TPSA) is 20.2 Å². The summed E-state index contributed by atoms with van der Waals surface area (Å²) in [6, 6.07) is 11.4. The van der Waals surface area contributed by atoms with Gasteiger partial charge in [0.1, 0.15) is 0 Å². The van der Waals surface area contributed by atoms with E-state index in [2.05, 4.69) is 0 Å². The summed E-state index contributed by atoms with van der Waals surface area (Å²) in [6.45, 7) is 0. The van der Waals surface area contributed by atoms with Crippen LogP contribution in [0.3, 0.4) is 0 Å². The normalized spacial score (nSPS) is 14.0. The van der Waals surface area contributed by atoms with Gasteiger partial charge in [-0.3, -0.25) is 0 Å². The van der Waals surface area contributed by atoms with Gasteiger partial charge in [0.15, 0.2) is 6.10 Å². The number of rotatable bonds is 1. The van der Waals surface area contributed by atoms with Gasteiger partial charge in [0.25, 0.3) is 0 Å². The van der Waals surface area contributed by atoms with E-state index in [9.17, 15) is 13.2 Å². The van der Waals surface area contributed by atoms with Gasteiger partial charge in [0, 0.05) is 0 Å². The maximum atomic E-state index is 12.3. The van der Waals surface area contributed by atoms with Crippen LogP contribution in [0.4, 0.5) is 13.2 Å². The van der Waals surface area contributed by atoms with Crippen LogP contribution in [0.25, 0.3) is 11.1 Å². The maximum Gasteiger partial charge on any atom is 0.418 e. The molecule has 1 atom stereocenters. The van der Waals surface area contributed by atoms with Crippen LogP contribution in [-0.4, -0.2) is 11.3 Å². The number of halogens is 3. The Bertz CT molecular complexity index is 434. The van der Waals surface area contributed by atoms with E-state index >= 15 is 0 Å². The van der Waals surface area contributed by atoms with Crippen LogP contribution in [0.1, 0.15) is 11.7 Å². The van der Waals surface area contributed by atoms with E-state index < -0.39 is 12.3 Å². The van der Waals surface area contributed by atoms with E-state index in [1.807, 2.05) is 0 Å². The van der Waals surface area contributed by atoms with Crippen LogP contribution >= 0.6 is 0 Å². The molecular formula is C12H9F3O. The first-order valence-corrected chi connectivity index (χ1v) is 4.72. The highest BCUT2D eigenvalue weighted by Crippen LogP contribution is 2.36. The van der Waals surface area contributed by atoms with Crippen LogP contribution in [0.2, 0.25) is 0 Å². The van der Waals surface area contributed by atoms with E-state index in [-0.39, 0.29) is 5.56 Å². The molecule has 1 nitrogen and oxygen atoms in total. The largest absolute Gasteiger partial charge is 0.418 e. The summed E-state index contributed by atoms with van der Waals surface area (Å²) in [6.07, 6.45) is -7.03. The molecule has 1 unspecified atom stereocenters.